The fourth-order valence-electron chi connectivity index (χ4n) is 2.36. The van der Waals surface area contributed by atoms with E-state index in [2.05, 4.69) is 0 Å². The second-order valence-corrected chi connectivity index (χ2v) is 8.80. The maximum absolute atomic E-state index is 12.5. The normalized spacial score (nSPS) is 20.2. The largest absolute Gasteiger partial charge is 0.329 e. The van der Waals surface area contributed by atoms with E-state index in [1.807, 2.05) is 0 Å². The molecule has 9 heteroatoms. The molecule has 2 rings (SSSR count). The SMILES string of the molecule is CS(=O)(=O)c1ccc(S(=O)(=O)N2CCCC2CN)cc1.Cl. The average molecular weight is 355 g/mol. The summed E-state index contributed by atoms with van der Waals surface area (Å²) in [5.41, 5.74) is 5.59. The molecule has 1 aliphatic heterocycles. The van der Waals surface area contributed by atoms with E-state index in [9.17, 15) is 16.8 Å². The summed E-state index contributed by atoms with van der Waals surface area (Å²) in [6.07, 6.45) is 2.64. The van der Waals surface area contributed by atoms with Crippen molar-refractivity contribution in [3.05, 3.63) is 24.3 Å². The van der Waals surface area contributed by atoms with Gasteiger partial charge < -0.3 is 5.73 Å². The molecule has 0 aliphatic carbocycles. The van der Waals surface area contributed by atoms with Crippen LogP contribution >= 0.6 is 12.4 Å². The first-order chi connectivity index (χ1) is 9.26. The zero-order valence-corrected chi connectivity index (χ0v) is 14.0. The quantitative estimate of drug-likeness (QED) is 0.854. The van der Waals surface area contributed by atoms with Gasteiger partial charge in [-0.1, -0.05) is 0 Å². The predicted molar refractivity (Wildman–Crippen MR) is 82.8 cm³/mol. The topological polar surface area (TPSA) is 97.5 Å². The first-order valence-electron chi connectivity index (χ1n) is 6.29. The molecule has 0 bridgehead atoms. The fourth-order valence-corrected chi connectivity index (χ4v) is 4.69. The molecule has 1 atom stereocenters. The summed E-state index contributed by atoms with van der Waals surface area (Å²) in [6, 6.07) is 5.12. The van der Waals surface area contributed by atoms with Crippen molar-refractivity contribution in [1.29, 1.82) is 0 Å². The van der Waals surface area contributed by atoms with Crippen LogP contribution in [0.15, 0.2) is 34.1 Å². The van der Waals surface area contributed by atoms with Crippen LogP contribution < -0.4 is 5.73 Å². The highest BCUT2D eigenvalue weighted by Gasteiger charge is 2.34. The van der Waals surface area contributed by atoms with E-state index in [4.69, 9.17) is 5.73 Å². The summed E-state index contributed by atoms with van der Waals surface area (Å²) in [7, 11) is -6.93. The molecule has 0 amide bonds. The maximum atomic E-state index is 12.5. The third-order valence-corrected chi connectivity index (χ3v) is 6.55. The Morgan fingerprint density at radius 2 is 1.67 bits per heavy atom. The zero-order valence-electron chi connectivity index (χ0n) is 11.6. The van der Waals surface area contributed by atoms with Crippen molar-refractivity contribution in [2.24, 2.45) is 5.73 Å². The molecule has 6 nitrogen and oxygen atoms in total. The van der Waals surface area contributed by atoms with Crippen LogP contribution in [0.3, 0.4) is 0 Å². The average Bonchev–Trinajstić information content (AvgIpc) is 2.87. The molecule has 120 valence electrons. The fraction of sp³-hybridized carbons (Fsp3) is 0.500. The Balaban J connectivity index is 0.00000220. The predicted octanol–water partition coefficient (Wildman–Crippen LogP) is 0.624. The van der Waals surface area contributed by atoms with Crippen LogP contribution in [0, 0.1) is 0 Å². The van der Waals surface area contributed by atoms with Gasteiger partial charge in [0.1, 0.15) is 0 Å². The van der Waals surface area contributed by atoms with Crippen LogP contribution in [0.4, 0.5) is 0 Å². The number of benzene rings is 1. The molecule has 0 aromatic heterocycles. The first kappa shape index (κ1) is 18.4. The molecule has 1 heterocycles. The minimum absolute atomic E-state index is 0. The van der Waals surface area contributed by atoms with Crippen molar-refractivity contribution < 1.29 is 16.8 Å². The molecule has 1 aliphatic rings. The lowest BCUT2D eigenvalue weighted by Crippen LogP contribution is -2.39. The molecule has 1 saturated heterocycles. The van der Waals surface area contributed by atoms with E-state index in [1.165, 1.54) is 28.6 Å². The van der Waals surface area contributed by atoms with Gasteiger partial charge in [-0.2, -0.15) is 4.31 Å². The molecule has 0 saturated carbocycles. The Kier molecular flexibility index (Phi) is 5.79. The summed E-state index contributed by atoms with van der Waals surface area (Å²) in [5, 5.41) is 0. The van der Waals surface area contributed by atoms with Crippen LogP contribution in [-0.2, 0) is 19.9 Å². The number of hydrogen-bond acceptors (Lipinski definition) is 5. The highest BCUT2D eigenvalue weighted by Crippen LogP contribution is 2.26. The van der Waals surface area contributed by atoms with Gasteiger partial charge >= 0.3 is 0 Å². The van der Waals surface area contributed by atoms with Gasteiger partial charge in [0.2, 0.25) is 10.0 Å². The summed E-state index contributed by atoms with van der Waals surface area (Å²) in [5.74, 6) is 0. The van der Waals surface area contributed by atoms with E-state index >= 15 is 0 Å². The summed E-state index contributed by atoms with van der Waals surface area (Å²) < 4.78 is 49.1. The van der Waals surface area contributed by atoms with E-state index in [0.717, 1.165) is 19.1 Å². The Morgan fingerprint density at radius 3 is 2.14 bits per heavy atom. The van der Waals surface area contributed by atoms with Crippen molar-refractivity contribution in [3.8, 4) is 0 Å². The molecular formula is C12H19ClN2O4S2. The number of sulfonamides is 1. The van der Waals surface area contributed by atoms with Crippen molar-refractivity contribution >= 4 is 32.3 Å². The second-order valence-electron chi connectivity index (χ2n) is 4.89. The van der Waals surface area contributed by atoms with Crippen LogP contribution in [-0.4, -0.2) is 46.5 Å². The van der Waals surface area contributed by atoms with Crippen LogP contribution in [0.1, 0.15) is 12.8 Å². The van der Waals surface area contributed by atoms with Gasteiger partial charge in [-0.3, -0.25) is 0 Å². The second kappa shape index (κ2) is 6.62. The molecule has 1 unspecified atom stereocenters. The first-order valence-corrected chi connectivity index (χ1v) is 9.62. The number of hydrogen-bond donors (Lipinski definition) is 1. The van der Waals surface area contributed by atoms with Gasteiger partial charge in [0.05, 0.1) is 9.79 Å². The van der Waals surface area contributed by atoms with Crippen molar-refractivity contribution in [2.45, 2.75) is 28.7 Å². The van der Waals surface area contributed by atoms with Gasteiger partial charge in [0, 0.05) is 25.4 Å². The van der Waals surface area contributed by atoms with E-state index in [-0.39, 0.29) is 28.2 Å². The molecule has 21 heavy (non-hydrogen) atoms. The zero-order chi connectivity index (χ0) is 15.0. The minimum atomic E-state index is -3.60. The number of nitrogens with two attached hydrogens (primary N) is 1. The highest BCUT2D eigenvalue weighted by molar-refractivity contribution is 7.90. The van der Waals surface area contributed by atoms with Gasteiger partial charge in [-0.25, -0.2) is 16.8 Å². The molecular weight excluding hydrogens is 336 g/mol. The third kappa shape index (κ3) is 3.75. The number of sulfone groups is 1. The Bertz CT molecular complexity index is 686. The lowest BCUT2D eigenvalue weighted by molar-refractivity contribution is 0.393. The van der Waals surface area contributed by atoms with Gasteiger partial charge in [0.15, 0.2) is 9.84 Å². The molecule has 1 aromatic carbocycles. The van der Waals surface area contributed by atoms with E-state index < -0.39 is 19.9 Å². The minimum Gasteiger partial charge on any atom is -0.329 e. The third-order valence-electron chi connectivity index (χ3n) is 3.45. The molecule has 0 radical (unpaired) electrons. The lowest BCUT2D eigenvalue weighted by atomic mass is 10.2. The van der Waals surface area contributed by atoms with Crippen LogP contribution in [0.5, 0.6) is 0 Å². The Labute approximate surface area is 131 Å². The van der Waals surface area contributed by atoms with Crippen molar-refractivity contribution in [3.63, 3.8) is 0 Å². The standard InChI is InChI=1S/C12H18N2O4S2.ClH/c1-19(15,16)11-4-6-12(7-5-11)20(17,18)14-8-2-3-10(14)9-13;/h4-7,10H,2-3,8-9,13H2,1H3;1H. The van der Waals surface area contributed by atoms with Gasteiger partial charge in [-0.15, -0.1) is 12.4 Å². The van der Waals surface area contributed by atoms with Crippen molar-refractivity contribution in [1.82, 2.24) is 4.31 Å². The number of halogens is 1. The Morgan fingerprint density at radius 1 is 1.14 bits per heavy atom. The highest BCUT2D eigenvalue weighted by atomic mass is 35.5. The number of rotatable bonds is 4. The van der Waals surface area contributed by atoms with E-state index in [1.54, 1.807) is 0 Å². The monoisotopic (exact) mass is 354 g/mol. The molecule has 1 aromatic rings. The summed E-state index contributed by atoms with van der Waals surface area (Å²) in [4.78, 5) is 0.207. The molecule has 1 fully saturated rings. The lowest BCUT2D eigenvalue weighted by Gasteiger charge is -2.22. The van der Waals surface area contributed by atoms with Gasteiger partial charge in [0.25, 0.3) is 0 Å². The van der Waals surface area contributed by atoms with Gasteiger partial charge in [-0.05, 0) is 37.1 Å². The number of nitrogens with zero attached hydrogens (tertiary/aromatic N) is 1. The summed E-state index contributed by atoms with van der Waals surface area (Å²) in [6.45, 7) is 0.749. The van der Waals surface area contributed by atoms with E-state index in [0.29, 0.717) is 13.1 Å². The maximum Gasteiger partial charge on any atom is 0.243 e. The van der Waals surface area contributed by atoms with Crippen LogP contribution in [0.25, 0.3) is 0 Å². The molecule has 2 N–H and O–H groups in total. The smallest absolute Gasteiger partial charge is 0.243 e. The van der Waals surface area contributed by atoms with Crippen LogP contribution in [0.2, 0.25) is 0 Å². The summed E-state index contributed by atoms with van der Waals surface area (Å²) >= 11 is 0. The molecule has 0 spiro atoms. The van der Waals surface area contributed by atoms with Crippen molar-refractivity contribution in [2.75, 3.05) is 19.3 Å². The Hall–Kier alpha value is -0.670.